The van der Waals surface area contributed by atoms with E-state index in [0.29, 0.717) is 28.4 Å². The van der Waals surface area contributed by atoms with Crippen molar-refractivity contribution in [1.82, 2.24) is 4.98 Å². The minimum Gasteiger partial charge on any atom is -0.714 e. The fraction of sp³-hybridized carbons (Fsp3) is 0.438. The second kappa shape index (κ2) is 11.2. The van der Waals surface area contributed by atoms with Gasteiger partial charge in [0.15, 0.2) is 0 Å². The Bertz CT molecular complexity index is 1030. The summed E-state index contributed by atoms with van der Waals surface area (Å²) in [4.78, 5) is 2.98. The van der Waals surface area contributed by atoms with Crippen molar-refractivity contribution in [3.63, 3.8) is 0 Å². The topological polar surface area (TPSA) is 205 Å². The van der Waals surface area contributed by atoms with E-state index in [1.807, 2.05) is 0 Å². The van der Waals surface area contributed by atoms with E-state index in [1.165, 1.54) is 6.07 Å². The third-order valence-electron chi connectivity index (χ3n) is 4.37. The molecule has 0 spiro atoms. The summed E-state index contributed by atoms with van der Waals surface area (Å²) in [6.07, 6.45) is -6.14. The molecule has 2 heterocycles. The Morgan fingerprint density at radius 2 is 1.97 bits per heavy atom. The number of H-pyrrole nitrogens is 1. The number of thioether (sulfide) groups is 1. The number of hydrogen-bond donors (Lipinski definition) is 6. The number of aliphatic hydroxyl groups excluding tert-OH is 4. The van der Waals surface area contributed by atoms with Gasteiger partial charge in [-0.25, -0.2) is 0 Å². The third kappa shape index (κ3) is 6.86. The summed E-state index contributed by atoms with van der Waals surface area (Å²) in [6.45, 7) is -0.652. The van der Waals surface area contributed by atoms with E-state index in [9.17, 15) is 38.5 Å². The van der Waals surface area contributed by atoms with Crippen molar-refractivity contribution in [3.8, 4) is 5.75 Å². The van der Waals surface area contributed by atoms with Gasteiger partial charge in [0.25, 0.3) is 10.4 Å². The van der Waals surface area contributed by atoms with Crippen LogP contribution in [0.1, 0.15) is 5.69 Å². The average molecular weight is 503 g/mol. The quantitative estimate of drug-likeness (QED) is 0.0557. The minimum atomic E-state index is -5.17. The number of nitrogens with zero attached hydrogens (tertiary/aromatic N) is 1. The molecule has 2 aromatic rings. The number of fused-ring (bicyclic) bond motifs is 1. The van der Waals surface area contributed by atoms with Crippen molar-refractivity contribution in [2.75, 3.05) is 6.61 Å². The van der Waals surface area contributed by atoms with E-state index in [4.69, 9.17) is 4.74 Å². The standard InChI is InChI=1S/C16H20N2O10S2.K/c19-6-11-13(21)14(22)15(23)16(27-11)29-12(18-28-30(24,25)26)5-7-4-8-9(17-7)2-1-3-10(8)20;/h1-4,11,13-17,19-23H,5-6H2,(H,24,25,26);/q;+1/p-1. The van der Waals surface area contributed by atoms with Crippen LogP contribution in [-0.4, -0.2) is 85.0 Å². The maximum atomic E-state index is 10.8. The van der Waals surface area contributed by atoms with Gasteiger partial charge in [0.05, 0.1) is 6.61 Å². The maximum Gasteiger partial charge on any atom is 1.00 e. The van der Waals surface area contributed by atoms with E-state index in [0.717, 1.165) is 0 Å². The molecule has 15 heteroatoms. The Kier molecular flexibility index (Phi) is 9.78. The fourth-order valence-electron chi connectivity index (χ4n) is 2.94. The smallest absolute Gasteiger partial charge is 0.714 e. The Hall–Kier alpha value is -0.274. The molecule has 5 atom stereocenters. The molecular weight excluding hydrogens is 483 g/mol. The maximum absolute atomic E-state index is 10.8. The van der Waals surface area contributed by atoms with E-state index in [-0.39, 0.29) is 68.6 Å². The second-order valence-electron chi connectivity index (χ2n) is 6.49. The predicted molar refractivity (Wildman–Crippen MR) is 103 cm³/mol. The Balaban J connectivity index is 0.00000341. The van der Waals surface area contributed by atoms with Crippen molar-refractivity contribution >= 4 is 38.1 Å². The van der Waals surface area contributed by atoms with Crippen molar-refractivity contribution in [1.29, 1.82) is 0 Å². The molecule has 1 aromatic carbocycles. The molecule has 0 aliphatic carbocycles. The van der Waals surface area contributed by atoms with Crippen molar-refractivity contribution in [2.45, 2.75) is 36.3 Å². The normalized spacial score (nSPS) is 27.1. The molecule has 31 heavy (non-hydrogen) atoms. The van der Waals surface area contributed by atoms with Crippen molar-refractivity contribution < 1.29 is 98.9 Å². The zero-order chi connectivity index (χ0) is 22.1. The zero-order valence-corrected chi connectivity index (χ0v) is 20.9. The number of aromatic nitrogens is 1. The monoisotopic (exact) mass is 502 g/mol. The number of aromatic hydroxyl groups is 1. The van der Waals surface area contributed by atoms with Gasteiger partial charge in [-0.3, -0.25) is 4.28 Å². The molecular formula is C16H19KN2O10S2. The molecule has 1 saturated heterocycles. The number of ether oxygens (including phenoxy) is 1. The van der Waals surface area contributed by atoms with Crippen LogP contribution in [0.4, 0.5) is 0 Å². The van der Waals surface area contributed by atoms with Gasteiger partial charge in [-0.05, 0) is 18.2 Å². The number of oxime groups is 1. The first kappa shape index (κ1) is 27.0. The molecule has 1 aliphatic heterocycles. The van der Waals surface area contributed by atoms with Gasteiger partial charge in [-0.15, -0.1) is 0 Å². The van der Waals surface area contributed by atoms with Gasteiger partial charge < -0.3 is 39.8 Å². The van der Waals surface area contributed by atoms with Gasteiger partial charge >= 0.3 is 51.4 Å². The number of nitrogens with one attached hydrogen (secondary N) is 1. The molecule has 0 amide bonds. The Labute approximate surface area is 223 Å². The first-order valence-corrected chi connectivity index (χ1v) is 10.8. The number of benzene rings is 1. The van der Waals surface area contributed by atoms with Crippen LogP contribution in [0.2, 0.25) is 0 Å². The molecule has 1 fully saturated rings. The summed E-state index contributed by atoms with van der Waals surface area (Å²) in [5.74, 6) is 0.00783. The summed E-state index contributed by atoms with van der Waals surface area (Å²) in [5.41, 5.74) is -0.233. The van der Waals surface area contributed by atoms with Crippen LogP contribution in [0.5, 0.6) is 5.75 Å². The van der Waals surface area contributed by atoms with Gasteiger partial charge in [0.1, 0.15) is 40.6 Å². The van der Waals surface area contributed by atoms with Crippen LogP contribution < -0.4 is 51.4 Å². The Morgan fingerprint density at radius 3 is 2.58 bits per heavy atom. The van der Waals surface area contributed by atoms with E-state index in [2.05, 4.69) is 14.4 Å². The molecule has 6 N–H and O–H groups in total. The summed E-state index contributed by atoms with van der Waals surface area (Å²) >= 11 is 0.633. The van der Waals surface area contributed by atoms with E-state index < -0.39 is 46.9 Å². The van der Waals surface area contributed by atoms with Crippen LogP contribution in [0.15, 0.2) is 29.4 Å². The largest absolute Gasteiger partial charge is 1.00 e. The molecule has 5 unspecified atom stereocenters. The summed E-state index contributed by atoms with van der Waals surface area (Å²) in [7, 11) is -5.17. The fourth-order valence-corrected chi connectivity index (χ4v) is 4.25. The second-order valence-corrected chi connectivity index (χ2v) is 8.63. The molecule has 1 aromatic heterocycles. The predicted octanol–water partition coefficient (Wildman–Crippen LogP) is -4.26. The third-order valence-corrected chi connectivity index (χ3v) is 5.74. The van der Waals surface area contributed by atoms with E-state index in [1.54, 1.807) is 18.2 Å². The van der Waals surface area contributed by atoms with Gasteiger partial charge in [-0.2, -0.15) is 8.42 Å². The molecule has 166 valence electrons. The van der Waals surface area contributed by atoms with Crippen molar-refractivity contribution in [2.24, 2.45) is 5.16 Å². The SMILES string of the molecule is O=S(=O)([O-])ON=C(Cc1cc2c(O)cccc2[nH]1)SC1OC(CO)C(O)C(O)C1O.[K+]. The summed E-state index contributed by atoms with van der Waals surface area (Å²) in [6, 6.07) is 6.35. The molecule has 0 saturated carbocycles. The molecule has 1 aliphatic rings. The van der Waals surface area contributed by atoms with Crippen LogP contribution in [-0.2, 0) is 25.8 Å². The number of aliphatic hydroxyl groups is 4. The van der Waals surface area contributed by atoms with Crippen LogP contribution >= 0.6 is 11.8 Å². The Morgan fingerprint density at radius 1 is 1.26 bits per heavy atom. The first-order chi connectivity index (χ1) is 14.1. The summed E-state index contributed by atoms with van der Waals surface area (Å²) < 4.78 is 41.7. The number of aromatic amines is 1. The molecule has 3 rings (SSSR count). The number of phenols is 1. The number of rotatable bonds is 6. The van der Waals surface area contributed by atoms with Gasteiger partial charge in [0, 0.05) is 23.0 Å². The van der Waals surface area contributed by atoms with Crippen LogP contribution in [0.25, 0.3) is 10.9 Å². The van der Waals surface area contributed by atoms with Crippen molar-refractivity contribution in [3.05, 3.63) is 30.0 Å². The van der Waals surface area contributed by atoms with Gasteiger partial charge in [0.2, 0.25) is 0 Å². The first-order valence-electron chi connectivity index (χ1n) is 8.57. The number of phenolic OH excluding ortho intramolecular Hbond substituents is 1. The summed E-state index contributed by atoms with van der Waals surface area (Å²) in [5, 5.41) is 52.8. The van der Waals surface area contributed by atoms with Crippen LogP contribution in [0, 0.1) is 0 Å². The average Bonchev–Trinajstić information content (AvgIpc) is 3.10. The molecule has 0 bridgehead atoms. The minimum absolute atomic E-state index is 0. The van der Waals surface area contributed by atoms with Gasteiger partial charge in [-0.1, -0.05) is 23.0 Å². The van der Waals surface area contributed by atoms with E-state index >= 15 is 0 Å². The zero-order valence-electron chi connectivity index (χ0n) is 16.2. The molecule has 0 radical (unpaired) electrons. The van der Waals surface area contributed by atoms with Crippen LogP contribution in [0.3, 0.4) is 0 Å². The molecule has 12 nitrogen and oxygen atoms in total. The number of hydrogen-bond acceptors (Lipinski definition) is 12.